The van der Waals surface area contributed by atoms with Gasteiger partial charge in [0, 0.05) is 24.0 Å². The molecule has 1 aliphatic heterocycles. The van der Waals surface area contributed by atoms with Gasteiger partial charge in [0.25, 0.3) is 0 Å². The highest BCUT2D eigenvalue weighted by Crippen LogP contribution is 2.20. The molecule has 1 heterocycles. The van der Waals surface area contributed by atoms with Crippen molar-refractivity contribution < 1.29 is 4.79 Å². The molecule has 0 aliphatic carbocycles. The van der Waals surface area contributed by atoms with Gasteiger partial charge in [0.1, 0.15) is 0 Å². The van der Waals surface area contributed by atoms with Crippen LogP contribution in [-0.2, 0) is 0 Å². The maximum Gasteiger partial charge on any atom is 0.321 e. The van der Waals surface area contributed by atoms with Crippen molar-refractivity contribution in [3.8, 4) is 0 Å². The Labute approximate surface area is 100 Å². The van der Waals surface area contributed by atoms with Crippen LogP contribution in [0.25, 0.3) is 0 Å². The summed E-state index contributed by atoms with van der Waals surface area (Å²) in [5, 5.41) is 3.50. The largest absolute Gasteiger partial charge is 0.323 e. The third-order valence-corrected chi connectivity index (χ3v) is 3.84. The lowest BCUT2D eigenvalue weighted by Crippen LogP contribution is -2.33. The zero-order valence-electron chi connectivity index (χ0n) is 9.35. The maximum atomic E-state index is 11.9. The fraction of sp³-hybridized carbons (Fsp3) is 0.417. The Hall–Kier alpha value is -1.16. The summed E-state index contributed by atoms with van der Waals surface area (Å²) >= 11 is 1.84. The number of amides is 2. The molecule has 1 aliphatic rings. The highest BCUT2D eigenvalue weighted by atomic mass is 32.2. The molecular formula is C12H16N2OS. The molecule has 2 amide bonds. The molecule has 3 nitrogen and oxygen atoms in total. The fourth-order valence-corrected chi connectivity index (χ4v) is 2.50. The molecule has 1 atom stereocenters. The predicted octanol–water partition coefficient (Wildman–Crippen LogP) is 2.66. The maximum absolute atomic E-state index is 11.9. The van der Waals surface area contributed by atoms with Gasteiger partial charge in [-0.25, -0.2) is 4.79 Å². The van der Waals surface area contributed by atoms with E-state index in [1.807, 2.05) is 47.0 Å². The molecule has 1 aromatic carbocycles. The minimum Gasteiger partial charge on any atom is -0.323 e. The minimum atomic E-state index is 0.0164. The van der Waals surface area contributed by atoms with Crippen molar-refractivity contribution in [2.24, 2.45) is 0 Å². The minimum absolute atomic E-state index is 0.0164. The van der Waals surface area contributed by atoms with Gasteiger partial charge in [-0.1, -0.05) is 18.2 Å². The van der Waals surface area contributed by atoms with Crippen LogP contribution in [0.4, 0.5) is 10.5 Å². The third kappa shape index (κ3) is 2.70. The lowest BCUT2D eigenvalue weighted by atomic mass is 10.3. The van der Waals surface area contributed by atoms with Crippen LogP contribution in [0.2, 0.25) is 0 Å². The highest BCUT2D eigenvalue weighted by molar-refractivity contribution is 7.99. The molecule has 0 saturated carbocycles. The van der Waals surface area contributed by atoms with E-state index in [2.05, 4.69) is 11.6 Å². The molecule has 0 bridgehead atoms. The second kappa shape index (κ2) is 5.25. The van der Waals surface area contributed by atoms with E-state index in [9.17, 15) is 4.79 Å². The number of anilines is 1. The average molecular weight is 236 g/mol. The molecule has 16 heavy (non-hydrogen) atoms. The van der Waals surface area contributed by atoms with Gasteiger partial charge in [-0.2, -0.15) is 11.8 Å². The summed E-state index contributed by atoms with van der Waals surface area (Å²) in [5.74, 6) is 0. The molecule has 1 unspecified atom stereocenters. The van der Waals surface area contributed by atoms with Crippen LogP contribution in [0, 0.1) is 0 Å². The van der Waals surface area contributed by atoms with Gasteiger partial charge in [0.15, 0.2) is 0 Å². The van der Waals surface area contributed by atoms with Crippen LogP contribution >= 0.6 is 11.8 Å². The number of thioether (sulfide) groups is 1. The number of para-hydroxylation sites is 1. The van der Waals surface area contributed by atoms with Gasteiger partial charge in [-0.15, -0.1) is 0 Å². The fourth-order valence-electron chi connectivity index (χ4n) is 1.83. The predicted molar refractivity (Wildman–Crippen MR) is 69.0 cm³/mol. The molecule has 0 aromatic heterocycles. The Morgan fingerprint density at radius 2 is 2.19 bits per heavy atom. The van der Waals surface area contributed by atoms with Crippen LogP contribution in [0.5, 0.6) is 0 Å². The molecule has 2 rings (SSSR count). The Bertz CT molecular complexity index is 355. The van der Waals surface area contributed by atoms with Crippen molar-refractivity contribution >= 4 is 23.5 Å². The molecule has 1 saturated heterocycles. The number of hydrogen-bond donors (Lipinski definition) is 1. The second-order valence-corrected chi connectivity index (χ2v) is 5.03. The molecule has 1 aromatic rings. The first-order chi connectivity index (χ1) is 7.79. The number of hydrogen-bond acceptors (Lipinski definition) is 2. The van der Waals surface area contributed by atoms with Crippen molar-refractivity contribution in [2.45, 2.75) is 11.7 Å². The first-order valence-electron chi connectivity index (χ1n) is 5.43. The molecular weight excluding hydrogens is 220 g/mol. The van der Waals surface area contributed by atoms with Gasteiger partial charge >= 0.3 is 6.03 Å². The lowest BCUT2D eigenvalue weighted by molar-refractivity contribution is 0.222. The smallest absolute Gasteiger partial charge is 0.321 e. The van der Waals surface area contributed by atoms with Crippen molar-refractivity contribution in [1.29, 1.82) is 0 Å². The summed E-state index contributed by atoms with van der Waals surface area (Å²) in [5.41, 5.74) is 0.861. The van der Waals surface area contributed by atoms with E-state index in [1.165, 1.54) is 0 Å². The van der Waals surface area contributed by atoms with Crippen molar-refractivity contribution in [3.05, 3.63) is 30.3 Å². The molecule has 1 N–H and O–H groups in total. The topological polar surface area (TPSA) is 32.3 Å². The SMILES string of the molecule is CSC1CCN(C(=O)Nc2ccccc2)C1. The summed E-state index contributed by atoms with van der Waals surface area (Å²) < 4.78 is 0. The number of likely N-dealkylation sites (tertiary alicyclic amines) is 1. The lowest BCUT2D eigenvalue weighted by Gasteiger charge is -2.16. The standard InChI is InChI=1S/C12H16N2OS/c1-16-11-7-8-14(9-11)12(15)13-10-5-3-2-4-6-10/h2-6,11H,7-9H2,1H3,(H,13,15). The van der Waals surface area contributed by atoms with E-state index < -0.39 is 0 Å². The number of benzene rings is 1. The number of carbonyl (C=O) groups is 1. The third-order valence-electron chi connectivity index (χ3n) is 2.79. The molecule has 86 valence electrons. The molecule has 1 fully saturated rings. The number of urea groups is 1. The Balaban J connectivity index is 1.90. The second-order valence-electron chi connectivity index (χ2n) is 3.89. The first-order valence-corrected chi connectivity index (χ1v) is 6.72. The van der Waals surface area contributed by atoms with Crippen LogP contribution in [0.15, 0.2) is 30.3 Å². The Morgan fingerprint density at radius 3 is 2.81 bits per heavy atom. The van der Waals surface area contributed by atoms with Crippen molar-refractivity contribution in [1.82, 2.24) is 4.90 Å². The van der Waals surface area contributed by atoms with E-state index in [-0.39, 0.29) is 6.03 Å². The zero-order chi connectivity index (χ0) is 11.4. The van der Waals surface area contributed by atoms with Gasteiger partial charge in [-0.05, 0) is 24.8 Å². The molecule has 0 radical (unpaired) electrons. The Morgan fingerprint density at radius 1 is 1.44 bits per heavy atom. The normalized spacial score (nSPS) is 19.8. The van der Waals surface area contributed by atoms with Crippen LogP contribution in [0.1, 0.15) is 6.42 Å². The molecule has 4 heteroatoms. The van der Waals surface area contributed by atoms with Crippen molar-refractivity contribution in [3.63, 3.8) is 0 Å². The van der Waals surface area contributed by atoms with E-state index in [1.54, 1.807) is 0 Å². The van der Waals surface area contributed by atoms with Gasteiger partial charge in [-0.3, -0.25) is 0 Å². The van der Waals surface area contributed by atoms with Crippen LogP contribution in [0.3, 0.4) is 0 Å². The van der Waals surface area contributed by atoms with E-state index in [0.717, 1.165) is 25.2 Å². The number of carbonyl (C=O) groups excluding carboxylic acids is 1. The van der Waals surface area contributed by atoms with Crippen LogP contribution < -0.4 is 5.32 Å². The summed E-state index contributed by atoms with van der Waals surface area (Å²) in [6, 6.07) is 9.60. The van der Waals surface area contributed by atoms with E-state index >= 15 is 0 Å². The highest BCUT2D eigenvalue weighted by Gasteiger charge is 2.25. The van der Waals surface area contributed by atoms with Gasteiger partial charge in [0.2, 0.25) is 0 Å². The zero-order valence-corrected chi connectivity index (χ0v) is 10.2. The molecule has 0 spiro atoms. The first kappa shape index (κ1) is 11.3. The summed E-state index contributed by atoms with van der Waals surface area (Å²) in [7, 11) is 0. The summed E-state index contributed by atoms with van der Waals surface area (Å²) in [4.78, 5) is 13.8. The van der Waals surface area contributed by atoms with Gasteiger partial charge < -0.3 is 10.2 Å². The van der Waals surface area contributed by atoms with Crippen molar-refractivity contribution in [2.75, 3.05) is 24.7 Å². The van der Waals surface area contributed by atoms with Crippen LogP contribution in [-0.4, -0.2) is 35.5 Å². The number of rotatable bonds is 2. The Kier molecular flexibility index (Phi) is 3.72. The summed E-state index contributed by atoms with van der Waals surface area (Å²) in [6.45, 7) is 1.73. The van der Waals surface area contributed by atoms with E-state index in [0.29, 0.717) is 5.25 Å². The van der Waals surface area contributed by atoms with E-state index in [4.69, 9.17) is 0 Å². The number of nitrogens with zero attached hydrogens (tertiary/aromatic N) is 1. The number of nitrogens with one attached hydrogen (secondary N) is 1. The summed E-state index contributed by atoms with van der Waals surface area (Å²) in [6.07, 6.45) is 3.20. The average Bonchev–Trinajstić information content (AvgIpc) is 2.79. The van der Waals surface area contributed by atoms with Gasteiger partial charge in [0.05, 0.1) is 0 Å². The monoisotopic (exact) mass is 236 g/mol. The quantitative estimate of drug-likeness (QED) is 0.856.